The van der Waals surface area contributed by atoms with Crippen molar-refractivity contribution in [3.8, 4) is 23.8 Å². The second kappa shape index (κ2) is 7.15. The average molecular weight is 284 g/mol. The molecule has 0 radical (unpaired) electrons. The van der Waals surface area contributed by atoms with Gasteiger partial charge in [-0.05, 0) is 24.6 Å². The van der Waals surface area contributed by atoms with E-state index >= 15 is 0 Å². The number of hydrogen-bond acceptors (Lipinski definition) is 4. The summed E-state index contributed by atoms with van der Waals surface area (Å²) in [5, 5.41) is 4.11. The smallest absolute Gasteiger partial charge is 0.313 e. The Bertz CT molecular complexity index is 656. The van der Waals surface area contributed by atoms with Gasteiger partial charge in [0, 0.05) is 6.20 Å². The van der Waals surface area contributed by atoms with E-state index in [2.05, 4.69) is 11.0 Å². The molecular weight excluding hydrogens is 268 g/mol. The highest BCUT2D eigenvalue weighted by molar-refractivity contribution is 5.73. The third-order valence-corrected chi connectivity index (χ3v) is 2.69. The lowest BCUT2D eigenvalue weighted by atomic mass is 10.3. The lowest BCUT2D eigenvalue weighted by Crippen LogP contribution is -2.12. The van der Waals surface area contributed by atoms with Crippen LogP contribution in [0.4, 0.5) is 0 Å². The lowest BCUT2D eigenvalue weighted by molar-refractivity contribution is -0.134. The number of esters is 1. The topological polar surface area (TPSA) is 53.4 Å². The molecule has 2 rings (SSSR count). The molecule has 2 aromatic rings. The summed E-state index contributed by atoms with van der Waals surface area (Å²) in [6.07, 6.45) is 8.99. The summed E-state index contributed by atoms with van der Waals surface area (Å²) in [5.74, 6) is 2.85. The van der Waals surface area contributed by atoms with Crippen molar-refractivity contribution in [1.29, 1.82) is 0 Å². The van der Waals surface area contributed by atoms with Crippen LogP contribution < -0.4 is 9.47 Å². The summed E-state index contributed by atoms with van der Waals surface area (Å²) >= 11 is 0. The van der Waals surface area contributed by atoms with Gasteiger partial charge < -0.3 is 9.47 Å². The molecule has 21 heavy (non-hydrogen) atoms. The van der Waals surface area contributed by atoms with Crippen molar-refractivity contribution in [2.24, 2.45) is 0 Å². The fraction of sp³-hybridized carbons (Fsp3) is 0.250. The minimum atomic E-state index is -0.347. The van der Waals surface area contributed by atoms with E-state index in [1.807, 2.05) is 13.1 Å². The number of aryl methyl sites for hydroxylation is 2. The predicted molar refractivity (Wildman–Crippen MR) is 78.0 cm³/mol. The summed E-state index contributed by atoms with van der Waals surface area (Å²) < 4.78 is 12.3. The normalized spacial score (nSPS) is 9.90. The van der Waals surface area contributed by atoms with Crippen LogP contribution in [-0.2, 0) is 11.3 Å². The van der Waals surface area contributed by atoms with E-state index < -0.39 is 0 Å². The standard InChI is InChI=1S/C16H16N2O3/c1-3-10-20-14-6-4-5-7-15(14)21-16(19)8-9-18-12-13(2)11-17-18/h1,4-7,11-12H,8-10H2,2H3. The fourth-order valence-electron chi connectivity index (χ4n) is 1.74. The molecule has 0 saturated carbocycles. The maximum absolute atomic E-state index is 11.9. The van der Waals surface area contributed by atoms with Gasteiger partial charge in [-0.25, -0.2) is 0 Å². The van der Waals surface area contributed by atoms with Crippen LogP contribution in [0.3, 0.4) is 0 Å². The van der Waals surface area contributed by atoms with Gasteiger partial charge in [0.25, 0.3) is 0 Å². The first-order valence-electron chi connectivity index (χ1n) is 6.54. The Balaban J connectivity index is 1.91. The van der Waals surface area contributed by atoms with Crippen LogP contribution in [0.2, 0.25) is 0 Å². The van der Waals surface area contributed by atoms with Gasteiger partial charge in [0.15, 0.2) is 11.5 Å². The first-order valence-corrected chi connectivity index (χ1v) is 6.54. The van der Waals surface area contributed by atoms with Crippen molar-refractivity contribution < 1.29 is 14.3 Å². The van der Waals surface area contributed by atoms with Crippen molar-refractivity contribution in [3.05, 3.63) is 42.2 Å². The number of terminal acetylenes is 1. The zero-order valence-corrected chi connectivity index (χ0v) is 11.8. The molecule has 0 aliphatic heterocycles. The van der Waals surface area contributed by atoms with Crippen molar-refractivity contribution in [3.63, 3.8) is 0 Å². The van der Waals surface area contributed by atoms with Crippen LogP contribution in [-0.4, -0.2) is 22.4 Å². The molecule has 0 aliphatic rings. The predicted octanol–water partition coefficient (Wildman–Crippen LogP) is 2.20. The lowest BCUT2D eigenvalue weighted by Gasteiger charge is -2.09. The minimum Gasteiger partial charge on any atom is -0.477 e. The van der Waals surface area contributed by atoms with Gasteiger partial charge in [0.1, 0.15) is 6.61 Å². The van der Waals surface area contributed by atoms with E-state index in [-0.39, 0.29) is 19.0 Å². The van der Waals surface area contributed by atoms with E-state index in [1.165, 1.54) is 0 Å². The Morgan fingerprint density at radius 3 is 2.81 bits per heavy atom. The van der Waals surface area contributed by atoms with Crippen LogP contribution in [0.25, 0.3) is 0 Å². The molecule has 1 aromatic carbocycles. The van der Waals surface area contributed by atoms with Gasteiger partial charge >= 0.3 is 5.97 Å². The number of benzene rings is 1. The zero-order chi connectivity index (χ0) is 15.1. The molecule has 0 N–H and O–H groups in total. The molecule has 0 saturated heterocycles. The minimum absolute atomic E-state index is 0.126. The van der Waals surface area contributed by atoms with Crippen LogP contribution in [0.1, 0.15) is 12.0 Å². The molecule has 5 nitrogen and oxygen atoms in total. The van der Waals surface area contributed by atoms with Crippen LogP contribution in [0, 0.1) is 19.3 Å². The number of nitrogens with zero attached hydrogens (tertiary/aromatic N) is 2. The van der Waals surface area contributed by atoms with Crippen molar-refractivity contribution in [2.75, 3.05) is 6.61 Å². The molecule has 0 spiro atoms. The van der Waals surface area contributed by atoms with E-state index in [0.29, 0.717) is 18.0 Å². The van der Waals surface area contributed by atoms with Gasteiger partial charge in [-0.15, -0.1) is 6.42 Å². The van der Waals surface area contributed by atoms with Gasteiger partial charge in [-0.3, -0.25) is 9.48 Å². The Hall–Kier alpha value is -2.74. The van der Waals surface area contributed by atoms with Crippen molar-refractivity contribution in [1.82, 2.24) is 9.78 Å². The number of para-hydroxylation sites is 2. The third kappa shape index (κ3) is 4.39. The first-order chi connectivity index (χ1) is 10.2. The Kier molecular flexibility index (Phi) is 4.99. The molecule has 5 heteroatoms. The summed E-state index contributed by atoms with van der Waals surface area (Å²) in [6, 6.07) is 6.93. The van der Waals surface area contributed by atoms with E-state index in [1.54, 1.807) is 35.1 Å². The van der Waals surface area contributed by atoms with Gasteiger partial charge in [-0.1, -0.05) is 18.1 Å². The van der Waals surface area contributed by atoms with Crippen molar-refractivity contribution >= 4 is 5.97 Å². The number of carbonyl (C=O) groups is 1. The molecular formula is C16H16N2O3. The molecule has 0 amide bonds. The average Bonchev–Trinajstić information content (AvgIpc) is 2.90. The molecule has 0 fully saturated rings. The van der Waals surface area contributed by atoms with Crippen LogP contribution in [0.15, 0.2) is 36.7 Å². The molecule has 108 valence electrons. The molecule has 0 aliphatic carbocycles. The Labute approximate surface area is 123 Å². The maximum atomic E-state index is 11.9. The molecule has 0 unspecified atom stereocenters. The number of hydrogen-bond donors (Lipinski definition) is 0. The maximum Gasteiger partial charge on any atom is 0.313 e. The highest BCUT2D eigenvalue weighted by atomic mass is 16.6. The van der Waals surface area contributed by atoms with Gasteiger partial charge in [-0.2, -0.15) is 5.10 Å². The summed E-state index contributed by atoms with van der Waals surface area (Å²) in [5.41, 5.74) is 1.05. The van der Waals surface area contributed by atoms with Crippen LogP contribution >= 0.6 is 0 Å². The molecule has 0 bridgehead atoms. The van der Waals surface area contributed by atoms with Gasteiger partial charge in [0.05, 0.1) is 19.2 Å². The second-order valence-corrected chi connectivity index (χ2v) is 4.44. The fourth-order valence-corrected chi connectivity index (χ4v) is 1.74. The number of rotatable bonds is 6. The third-order valence-electron chi connectivity index (χ3n) is 2.69. The molecule has 1 aromatic heterocycles. The van der Waals surface area contributed by atoms with Crippen molar-refractivity contribution in [2.45, 2.75) is 19.9 Å². The first kappa shape index (κ1) is 14.7. The number of ether oxygens (including phenoxy) is 2. The Morgan fingerprint density at radius 1 is 1.38 bits per heavy atom. The largest absolute Gasteiger partial charge is 0.477 e. The molecule has 1 heterocycles. The second-order valence-electron chi connectivity index (χ2n) is 4.44. The highest BCUT2D eigenvalue weighted by Gasteiger charge is 2.10. The Morgan fingerprint density at radius 2 is 2.14 bits per heavy atom. The summed E-state index contributed by atoms with van der Waals surface area (Å²) in [4.78, 5) is 11.9. The van der Waals surface area contributed by atoms with E-state index in [0.717, 1.165) is 5.56 Å². The van der Waals surface area contributed by atoms with E-state index in [4.69, 9.17) is 15.9 Å². The number of carbonyl (C=O) groups excluding carboxylic acids is 1. The zero-order valence-electron chi connectivity index (χ0n) is 11.8. The van der Waals surface area contributed by atoms with Crippen LogP contribution in [0.5, 0.6) is 11.5 Å². The van der Waals surface area contributed by atoms with E-state index in [9.17, 15) is 4.79 Å². The quantitative estimate of drug-likeness (QED) is 0.463. The molecule has 0 atom stereocenters. The highest BCUT2D eigenvalue weighted by Crippen LogP contribution is 2.26. The number of aromatic nitrogens is 2. The van der Waals surface area contributed by atoms with Gasteiger partial charge in [0.2, 0.25) is 0 Å². The SMILES string of the molecule is C#CCOc1ccccc1OC(=O)CCn1cc(C)cn1. The summed E-state index contributed by atoms with van der Waals surface area (Å²) in [6.45, 7) is 2.54. The summed E-state index contributed by atoms with van der Waals surface area (Å²) in [7, 11) is 0. The monoisotopic (exact) mass is 284 g/mol.